The maximum Gasteiger partial charge on any atom is 0.409 e. The van der Waals surface area contributed by atoms with Crippen molar-refractivity contribution in [3.05, 3.63) is 36.0 Å². The van der Waals surface area contributed by atoms with Crippen LogP contribution < -0.4 is 0 Å². The molecule has 0 radical (unpaired) electrons. The summed E-state index contributed by atoms with van der Waals surface area (Å²) in [6.45, 7) is 7.33. The molecular weight excluding hydrogens is 454 g/mol. The second-order valence-electron chi connectivity index (χ2n) is 9.86. The molecule has 9 heteroatoms. The second kappa shape index (κ2) is 14.0. The lowest BCUT2D eigenvalue weighted by atomic mass is 9.80. The number of aliphatic carboxylic acids is 1. The molecule has 1 heterocycles. The second-order valence-corrected chi connectivity index (χ2v) is 9.86. The van der Waals surface area contributed by atoms with Crippen molar-refractivity contribution < 1.29 is 39.2 Å². The molecule has 0 aliphatic carbocycles. The van der Waals surface area contributed by atoms with Crippen molar-refractivity contribution in [1.29, 1.82) is 0 Å². The lowest BCUT2D eigenvalue weighted by Gasteiger charge is -2.32. The number of carbonyl (C=O) groups is 3. The Morgan fingerprint density at radius 1 is 1.34 bits per heavy atom. The van der Waals surface area contributed by atoms with Crippen molar-refractivity contribution in [2.75, 3.05) is 20.7 Å². The predicted molar refractivity (Wildman–Crippen MR) is 132 cm³/mol. The number of carboxylic acid groups (broad SMARTS) is 1. The normalized spacial score (nSPS) is 30.5. The van der Waals surface area contributed by atoms with Gasteiger partial charge in [0.2, 0.25) is 0 Å². The summed E-state index contributed by atoms with van der Waals surface area (Å²) in [7, 11) is 3.22. The SMILES string of the molecule is C/C(=C\C=C\[C@@H](C)COC(=O)N(C)C)[C@H]1OC(=O)C[C@H](O)CC[C@@](C)(O)[C@@H](CC(=O)O)/C=C/[C@@H]1C. The summed E-state index contributed by atoms with van der Waals surface area (Å²) in [5.41, 5.74) is -0.606. The Labute approximate surface area is 208 Å². The molecule has 1 amide bonds. The van der Waals surface area contributed by atoms with Gasteiger partial charge in [0.25, 0.3) is 0 Å². The van der Waals surface area contributed by atoms with Gasteiger partial charge in [-0.05, 0) is 32.3 Å². The molecule has 0 saturated heterocycles. The quantitative estimate of drug-likeness (QED) is 0.278. The molecule has 198 valence electrons. The van der Waals surface area contributed by atoms with Crippen LogP contribution in [0.2, 0.25) is 0 Å². The van der Waals surface area contributed by atoms with E-state index in [9.17, 15) is 29.7 Å². The molecule has 0 bridgehead atoms. The molecular formula is C26H41NO8. The molecule has 0 aromatic heterocycles. The van der Waals surface area contributed by atoms with Crippen LogP contribution in [0, 0.1) is 17.8 Å². The number of nitrogens with zero attached hydrogens (tertiary/aromatic N) is 1. The average molecular weight is 496 g/mol. The van der Waals surface area contributed by atoms with Crippen LogP contribution in [-0.4, -0.2) is 76.8 Å². The first-order valence-electron chi connectivity index (χ1n) is 11.9. The van der Waals surface area contributed by atoms with E-state index in [1.807, 2.05) is 26.8 Å². The minimum Gasteiger partial charge on any atom is -0.481 e. The summed E-state index contributed by atoms with van der Waals surface area (Å²) in [4.78, 5) is 36.8. The van der Waals surface area contributed by atoms with Gasteiger partial charge in [0.1, 0.15) is 6.10 Å². The third-order valence-electron chi connectivity index (χ3n) is 6.04. The molecule has 6 atom stereocenters. The number of aliphatic hydroxyl groups excluding tert-OH is 1. The number of esters is 1. The number of carbonyl (C=O) groups excluding carboxylic acids is 2. The molecule has 0 fully saturated rings. The van der Waals surface area contributed by atoms with Crippen molar-refractivity contribution in [3.8, 4) is 0 Å². The van der Waals surface area contributed by atoms with Gasteiger partial charge < -0.3 is 29.7 Å². The number of hydrogen-bond donors (Lipinski definition) is 3. The molecule has 0 aromatic carbocycles. The Kier molecular flexibility index (Phi) is 12.2. The van der Waals surface area contributed by atoms with Crippen molar-refractivity contribution in [1.82, 2.24) is 4.90 Å². The fourth-order valence-electron chi connectivity index (χ4n) is 3.72. The summed E-state index contributed by atoms with van der Waals surface area (Å²) < 4.78 is 10.9. The molecule has 0 aromatic rings. The highest BCUT2D eigenvalue weighted by atomic mass is 16.6. The van der Waals surface area contributed by atoms with Crippen LogP contribution in [0.5, 0.6) is 0 Å². The van der Waals surface area contributed by atoms with E-state index in [4.69, 9.17) is 9.47 Å². The van der Waals surface area contributed by atoms with Gasteiger partial charge in [0, 0.05) is 31.8 Å². The highest BCUT2D eigenvalue weighted by Crippen LogP contribution is 2.30. The highest BCUT2D eigenvalue weighted by molar-refractivity contribution is 5.70. The van der Waals surface area contributed by atoms with Crippen LogP contribution in [0.4, 0.5) is 4.79 Å². The maximum absolute atomic E-state index is 12.5. The topological polar surface area (TPSA) is 134 Å². The standard InChI is InChI=1S/C26H41NO8/c1-17(16-34-25(32)27(5)6)8-7-9-18(2)24-19(3)10-11-20(14-22(29)30)26(4,33)13-12-21(28)15-23(31)35-24/h7-11,17,19-21,24,28,33H,12-16H2,1-6H3,(H,29,30)/b8-7+,11-10+,18-9+/t17-,19+,20-,21-,24-,26-/m1/s1. The van der Waals surface area contributed by atoms with Crippen LogP contribution in [0.1, 0.15) is 53.4 Å². The molecule has 1 aliphatic heterocycles. The number of amides is 1. The minimum atomic E-state index is -1.35. The predicted octanol–water partition coefficient (Wildman–Crippen LogP) is 3.31. The van der Waals surface area contributed by atoms with E-state index in [1.165, 1.54) is 4.90 Å². The first-order valence-corrected chi connectivity index (χ1v) is 11.9. The van der Waals surface area contributed by atoms with Crippen LogP contribution in [0.25, 0.3) is 0 Å². The van der Waals surface area contributed by atoms with Gasteiger partial charge in [-0.3, -0.25) is 9.59 Å². The zero-order chi connectivity index (χ0) is 26.8. The van der Waals surface area contributed by atoms with E-state index in [1.54, 1.807) is 45.3 Å². The lowest BCUT2D eigenvalue weighted by Crippen LogP contribution is -2.37. The van der Waals surface area contributed by atoms with Gasteiger partial charge in [0.15, 0.2) is 0 Å². The smallest absolute Gasteiger partial charge is 0.409 e. The number of cyclic esters (lactones) is 1. The van der Waals surface area contributed by atoms with Gasteiger partial charge in [-0.25, -0.2) is 4.79 Å². The first-order chi connectivity index (χ1) is 16.2. The van der Waals surface area contributed by atoms with Crippen molar-refractivity contribution in [2.24, 2.45) is 17.8 Å². The molecule has 0 saturated carbocycles. The third kappa shape index (κ3) is 11.1. The number of rotatable bonds is 7. The van der Waals surface area contributed by atoms with Crippen molar-refractivity contribution >= 4 is 18.0 Å². The Morgan fingerprint density at radius 3 is 2.60 bits per heavy atom. The fourth-order valence-corrected chi connectivity index (χ4v) is 3.72. The molecule has 1 aliphatic rings. The number of ether oxygens (including phenoxy) is 2. The van der Waals surface area contributed by atoms with Crippen molar-refractivity contribution in [2.45, 2.75) is 71.2 Å². The molecule has 0 unspecified atom stereocenters. The number of allylic oxidation sites excluding steroid dienone is 2. The monoisotopic (exact) mass is 495 g/mol. The fraction of sp³-hybridized carbons (Fsp3) is 0.654. The average Bonchev–Trinajstić information content (AvgIpc) is 2.75. The Hall–Kier alpha value is -2.65. The highest BCUT2D eigenvalue weighted by Gasteiger charge is 2.34. The minimum absolute atomic E-state index is 0.0340. The lowest BCUT2D eigenvalue weighted by molar-refractivity contribution is -0.151. The summed E-state index contributed by atoms with van der Waals surface area (Å²) in [6.07, 6.45) is 6.65. The molecule has 1 rings (SSSR count). The van der Waals surface area contributed by atoms with Crippen LogP contribution in [0.3, 0.4) is 0 Å². The van der Waals surface area contributed by atoms with E-state index in [-0.39, 0.29) is 44.1 Å². The Balaban J connectivity index is 3.09. The summed E-state index contributed by atoms with van der Waals surface area (Å²) in [5.74, 6) is -2.60. The van der Waals surface area contributed by atoms with E-state index in [0.29, 0.717) is 0 Å². The largest absolute Gasteiger partial charge is 0.481 e. The van der Waals surface area contributed by atoms with Gasteiger partial charge in [-0.15, -0.1) is 0 Å². The van der Waals surface area contributed by atoms with E-state index in [2.05, 4.69) is 0 Å². The molecule has 9 nitrogen and oxygen atoms in total. The first kappa shape index (κ1) is 30.4. The van der Waals surface area contributed by atoms with Crippen LogP contribution in [0.15, 0.2) is 36.0 Å². The summed E-state index contributed by atoms with van der Waals surface area (Å²) in [5, 5.41) is 30.5. The van der Waals surface area contributed by atoms with Crippen LogP contribution >= 0.6 is 0 Å². The summed E-state index contributed by atoms with van der Waals surface area (Å²) >= 11 is 0. The molecule has 35 heavy (non-hydrogen) atoms. The zero-order valence-corrected chi connectivity index (χ0v) is 21.6. The van der Waals surface area contributed by atoms with Gasteiger partial charge in [0.05, 0.1) is 31.2 Å². The van der Waals surface area contributed by atoms with E-state index in [0.717, 1.165) is 5.57 Å². The number of aliphatic hydroxyl groups is 2. The molecule has 3 N–H and O–H groups in total. The molecule has 0 spiro atoms. The Bertz CT molecular complexity index is 814. The maximum atomic E-state index is 12.5. The van der Waals surface area contributed by atoms with Crippen molar-refractivity contribution in [3.63, 3.8) is 0 Å². The van der Waals surface area contributed by atoms with E-state index >= 15 is 0 Å². The van der Waals surface area contributed by atoms with E-state index < -0.39 is 41.8 Å². The summed E-state index contributed by atoms with van der Waals surface area (Å²) in [6, 6.07) is 0. The zero-order valence-electron chi connectivity index (χ0n) is 21.6. The third-order valence-corrected chi connectivity index (χ3v) is 6.04. The van der Waals surface area contributed by atoms with Gasteiger partial charge in [-0.2, -0.15) is 0 Å². The van der Waals surface area contributed by atoms with Gasteiger partial charge >= 0.3 is 18.0 Å². The number of carboxylic acids is 1. The van der Waals surface area contributed by atoms with Crippen LogP contribution in [-0.2, 0) is 19.1 Å². The van der Waals surface area contributed by atoms with Gasteiger partial charge in [-0.1, -0.05) is 44.2 Å². The number of hydrogen-bond acceptors (Lipinski definition) is 7. The Morgan fingerprint density at radius 2 is 2.00 bits per heavy atom.